The van der Waals surface area contributed by atoms with Gasteiger partial charge < -0.3 is 14.8 Å². The van der Waals surface area contributed by atoms with E-state index in [2.05, 4.69) is 5.32 Å². The van der Waals surface area contributed by atoms with Crippen molar-refractivity contribution in [3.8, 4) is 11.5 Å². The molecule has 1 amide bonds. The molecule has 1 N–H and O–H groups in total. The summed E-state index contributed by atoms with van der Waals surface area (Å²) in [5.41, 5.74) is 0.937. The van der Waals surface area contributed by atoms with Gasteiger partial charge in [-0.1, -0.05) is 29.3 Å². The first-order valence-corrected chi connectivity index (χ1v) is 7.81. The van der Waals surface area contributed by atoms with Gasteiger partial charge in [-0.2, -0.15) is 0 Å². The lowest BCUT2D eigenvalue weighted by atomic mass is 10.1. The first-order chi connectivity index (χ1) is 11.1. The Morgan fingerprint density at radius 2 is 1.78 bits per heavy atom. The Labute approximate surface area is 145 Å². The van der Waals surface area contributed by atoms with Gasteiger partial charge in [0.05, 0.1) is 7.11 Å². The molecule has 0 fully saturated rings. The van der Waals surface area contributed by atoms with E-state index in [4.69, 9.17) is 32.7 Å². The second-order valence-electron chi connectivity index (χ2n) is 4.80. The normalized spacial score (nSPS) is 10.2. The first-order valence-electron chi connectivity index (χ1n) is 7.06. The van der Waals surface area contributed by atoms with E-state index in [0.717, 1.165) is 11.3 Å². The molecule has 2 aromatic rings. The fourth-order valence-corrected chi connectivity index (χ4v) is 2.44. The zero-order valence-electron chi connectivity index (χ0n) is 12.6. The van der Waals surface area contributed by atoms with Gasteiger partial charge in [0, 0.05) is 16.6 Å². The lowest BCUT2D eigenvalue weighted by molar-refractivity contribution is -0.123. The Balaban J connectivity index is 1.72. The molecule has 0 aliphatic heterocycles. The summed E-state index contributed by atoms with van der Waals surface area (Å²) >= 11 is 11.9. The van der Waals surface area contributed by atoms with Gasteiger partial charge in [-0.3, -0.25) is 4.79 Å². The zero-order chi connectivity index (χ0) is 16.7. The number of hydrogen-bond acceptors (Lipinski definition) is 3. The number of benzene rings is 2. The molecule has 0 atom stereocenters. The van der Waals surface area contributed by atoms with Crippen LogP contribution in [0, 0.1) is 0 Å². The summed E-state index contributed by atoms with van der Waals surface area (Å²) in [6.07, 6.45) is 0.629. The third kappa shape index (κ3) is 5.66. The predicted octanol–water partition coefficient (Wildman–Crippen LogP) is 3.74. The van der Waals surface area contributed by atoms with Crippen molar-refractivity contribution < 1.29 is 14.3 Å². The van der Waals surface area contributed by atoms with Crippen LogP contribution in [-0.4, -0.2) is 26.2 Å². The molecule has 4 nitrogen and oxygen atoms in total. The highest BCUT2D eigenvalue weighted by Crippen LogP contribution is 2.21. The molecule has 0 aliphatic carbocycles. The van der Waals surface area contributed by atoms with Crippen LogP contribution in [0.4, 0.5) is 0 Å². The Kier molecular flexibility index (Phi) is 6.56. The number of nitrogens with one attached hydrogen (secondary N) is 1. The van der Waals surface area contributed by atoms with E-state index in [0.29, 0.717) is 28.8 Å². The van der Waals surface area contributed by atoms with Crippen LogP contribution in [0.2, 0.25) is 10.0 Å². The van der Waals surface area contributed by atoms with E-state index in [1.807, 2.05) is 6.07 Å². The van der Waals surface area contributed by atoms with Crippen LogP contribution in [-0.2, 0) is 11.2 Å². The Morgan fingerprint density at radius 3 is 2.43 bits per heavy atom. The summed E-state index contributed by atoms with van der Waals surface area (Å²) in [4.78, 5) is 11.8. The fraction of sp³-hybridized carbons (Fsp3) is 0.235. The Hall–Kier alpha value is -1.91. The molecule has 122 valence electrons. The van der Waals surface area contributed by atoms with Crippen molar-refractivity contribution in [2.45, 2.75) is 6.42 Å². The number of hydrogen-bond donors (Lipinski definition) is 1. The molecular formula is C17H17Cl2NO3. The number of carbonyl (C=O) groups is 1. The fourth-order valence-electron chi connectivity index (χ4n) is 1.93. The highest BCUT2D eigenvalue weighted by Gasteiger charge is 2.05. The molecule has 0 radical (unpaired) electrons. The van der Waals surface area contributed by atoms with E-state index in [9.17, 15) is 4.79 Å². The van der Waals surface area contributed by atoms with Crippen molar-refractivity contribution in [1.82, 2.24) is 5.32 Å². The summed E-state index contributed by atoms with van der Waals surface area (Å²) in [5.74, 6) is 1.16. The number of ether oxygens (including phenoxy) is 2. The van der Waals surface area contributed by atoms with E-state index in [-0.39, 0.29) is 12.5 Å². The zero-order valence-corrected chi connectivity index (χ0v) is 14.2. The largest absolute Gasteiger partial charge is 0.497 e. The Morgan fingerprint density at radius 1 is 1.09 bits per heavy atom. The molecule has 0 aliphatic rings. The maximum absolute atomic E-state index is 11.8. The lowest BCUT2D eigenvalue weighted by Gasteiger charge is -2.09. The standard InChI is InChI=1S/C17H17Cl2NO3/c1-22-14-4-6-15(7-5-14)23-11-17(21)20-9-8-12-2-3-13(18)10-16(12)19/h2-7,10H,8-9,11H2,1H3,(H,20,21). The second-order valence-corrected chi connectivity index (χ2v) is 5.64. The van der Waals surface area contributed by atoms with Gasteiger partial charge in [0.15, 0.2) is 6.61 Å². The summed E-state index contributed by atoms with van der Waals surface area (Å²) in [7, 11) is 1.59. The van der Waals surface area contributed by atoms with Crippen molar-refractivity contribution in [1.29, 1.82) is 0 Å². The van der Waals surface area contributed by atoms with Crippen LogP contribution in [0.5, 0.6) is 11.5 Å². The number of amides is 1. The monoisotopic (exact) mass is 353 g/mol. The van der Waals surface area contributed by atoms with Gasteiger partial charge in [0.2, 0.25) is 0 Å². The third-order valence-electron chi connectivity index (χ3n) is 3.16. The SMILES string of the molecule is COc1ccc(OCC(=O)NCCc2ccc(Cl)cc2Cl)cc1. The minimum atomic E-state index is -0.189. The van der Waals surface area contributed by atoms with Crippen LogP contribution in [0.1, 0.15) is 5.56 Å². The molecule has 0 unspecified atom stereocenters. The second kappa shape index (κ2) is 8.65. The molecule has 23 heavy (non-hydrogen) atoms. The number of methoxy groups -OCH3 is 1. The van der Waals surface area contributed by atoms with Crippen molar-refractivity contribution in [2.75, 3.05) is 20.3 Å². The number of rotatable bonds is 7. The van der Waals surface area contributed by atoms with Crippen LogP contribution in [0.25, 0.3) is 0 Å². The van der Waals surface area contributed by atoms with Gasteiger partial charge in [0.25, 0.3) is 5.91 Å². The lowest BCUT2D eigenvalue weighted by Crippen LogP contribution is -2.30. The average Bonchev–Trinajstić information content (AvgIpc) is 2.55. The number of carbonyl (C=O) groups excluding carboxylic acids is 1. The summed E-state index contributed by atoms with van der Waals surface area (Å²) < 4.78 is 10.5. The number of halogens is 2. The van der Waals surface area contributed by atoms with Crippen LogP contribution in [0.15, 0.2) is 42.5 Å². The quantitative estimate of drug-likeness (QED) is 0.824. The Bertz CT molecular complexity index is 659. The maximum atomic E-state index is 11.8. The molecule has 2 aromatic carbocycles. The summed E-state index contributed by atoms with van der Waals surface area (Å²) in [5, 5.41) is 3.98. The van der Waals surface area contributed by atoms with Gasteiger partial charge in [-0.25, -0.2) is 0 Å². The molecule has 2 rings (SSSR count). The highest BCUT2D eigenvalue weighted by atomic mass is 35.5. The molecule has 0 saturated heterocycles. The van der Waals surface area contributed by atoms with E-state index in [1.165, 1.54) is 0 Å². The first kappa shape index (κ1) is 17.4. The van der Waals surface area contributed by atoms with Crippen molar-refractivity contribution >= 4 is 29.1 Å². The summed E-state index contributed by atoms with van der Waals surface area (Å²) in [6, 6.07) is 12.4. The van der Waals surface area contributed by atoms with Crippen LogP contribution in [0.3, 0.4) is 0 Å². The van der Waals surface area contributed by atoms with Crippen LogP contribution < -0.4 is 14.8 Å². The van der Waals surface area contributed by atoms with E-state index < -0.39 is 0 Å². The van der Waals surface area contributed by atoms with Crippen LogP contribution >= 0.6 is 23.2 Å². The maximum Gasteiger partial charge on any atom is 0.257 e. The molecule has 0 aromatic heterocycles. The van der Waals surface area contributed by atoms with E-state index in [1.54, 1.807) is 43.5 Å². The molecule has 0 bridgehead atoms. The molecule has 0 saturated carbocycles. The van der Waals surface area contributed by atoms with Crippen molar-refractivity contribution in [3.05, 3.63) is 58.1 Å². The molecular weight excluding hydrogens is 337 g/mol. The molecule has 0 heterocycles. The third-order valence-corrected chi connectivity index (χ3v) is 3.75. The van der Waals surface area contributed by atoms with E-state index >= 15 is 0 Å². The molecule has 6 heteroatoms. The summed E-state index contributed by atoms with van der Waals surface area (Å²) in [6.45, 7) is 0.437. The highest BCUT2D eigenvalue weighted by molar-refractivity contribution is 6.35. The topological polar surface area (TPSA) is 47.6 Å². The van der Waals surface area contributed by atoms with Gasteiger partial charge in [0.1, 0.15) is 11.5 Å². The van der Waals surface area contributed by atoms with Crippen molar-refractivity contribution in [2.24, 2.45) is 0 Å². The minimum absolute atomic E-state index is 0.0410. The smallest absolute Gasteiger partial charge is 0.257 e. The van der Waals surface area contributed by atoms with Gasteiger partial charge >= 0.3 is 0 Å². The van der Waals surface area contributed by atoms with Gasteiger partial charge in [-0.05, 0) is 48.4 Å². The average molecular weight is 354 g/mol. The molecule has 0 spiro atoms. The minimum Gasteiger partial charge on any atom is -0.497 e. The van der Waals surface area contributed by atoms with Crippen molar-refractivity contribution in [3.63, 3.8) is 0 Å². The van der Waals surface area contributed by atoms with Gasteiger partial charge in [-0.15, -0.1) is 0 Å². The predicted molar refractivity (Wildman–Crippen MR) is 91.7 cm³/mol.